The van der Waals surface area contributed by atoms with Gasteiger partial charge in [0, 0.05) is 17.5 Å². The van der Waals surface area contributed by atoms with Gasteiger partial charge in [-0.3, -0.25) is 14.9 Å². The zero-order valence-corrected chi connectivity index (χ0v) is 13.6. The number of nitrogens with zero attached hydrogens (tertiary/aromatic N) is 1. The van der Waals surface area contributed by atoms with E-state index in [9.17, 15) is 9.59 Å². The van der Waals surface area contributed by atoms with E-state index < -0.39 is 0 Å². The fraction of sp³-hybridized carbons (Fsp3) is 0.267. The first-order chi connectivity index (χ1) is 10.4. The van der Waals surface area contributed by atoms with Gasteiger partial charge >= 0.3 is 0 Å². The molecule has 7 heteroatoms. The number of aromatic nitrogens is 1. The van der Waals surface area contributed by atoms with Crippen molar-refractivity contribution in [1.29, 1.82) is 0 Å². The van der Waals surface area contributed by atoms with Crippen molar-refractivity contribution in [3.8, 4) is 5.75 Å². The smallest absolute Gasteiger partial charge is 0.261 e. The van der Waals surface area contributed by atoms with Crippen LogP contribution in [0.5, 0.6) is 5.75 Å². The SMILES string of the molecule is COc1ccc(NC(C)=O)cc1C(=O)Nc1nc(C)c(C)s1. The van der Waals surface area contributed by atoms with Crippen LogP contribution in [0.25, 0.3) is 0 Å². The summed E-state index contributed by atoms with van der Waals surface area (Å²) < 4.78 is 5.20. The first-order valence-electron chi connectivity index (χ1n) is 6.61. The van der Waals surface area contributed by atoms with Crippen LogP contribution < -0.4 is 15.4 Å². The van der Waals surface area contributed by atoms with Gasteiger partial charge in [-0.05, 0) is 32.0 Å². The second-order valence-corrected chi connectivity index (χ2v) is 5.91. The Balaban J connectivity index is 2.28. The Kier molecular flexibility index (Phi) is 4.77. The van der Waals surface area contributed by atoms with Crippen LogP contribution in [0.2, 0.25) is 0 Å². The quantitative estimate of drug-likeness (QED) is 0.908. The number of rotatable bonds is 4. The molecule has 0 atom stereocenters. The average Bonchev–Trinajstić information content (AvgIpc) is 2.76. The van der Waals surface area contributed by atoms with E-state index in [0.717, 1.165) is 10.6 Å². The largest absolute Gasteiger partial charge is 0.496 e. The number of nitrogens with one attached hydrogen (secondary N) is 2. The van der Waals surface area contributed by atoms with Crippen LogP contribution in [-0.2, 0) is 4.79 Å². The molecule has 2 aromatic rings. The predicted octanol–water partition coefficient (Wildman–Crippen LogP) is 2.98. The number of anilines is 2. The molecule has 0 aliphatic heterocycles. The van der Waals surface area contributed by atoms with Crippen molar-refractivity contribution < 1.29 is 14.3 Å². The fourth-order valence-electron chi connectivity index (χ4n) is 1.86. The van der Waals surface area contributed by atoms with Gasteiger partial charge in [-0.25, -0.2) is 4.98 Å². The highest BCUT2D eigenvalue weighted by Crippen LogP contribution is 2.26. The molecule has 0 spiro atoms. The molecule has 22 heavy (non-hydrogen) atoms. The van der Waals surface area contributed by atoms with Crippen LogP contribution in [0, 0.1) is 13.8 Å². The zero-order chi connectivity index (χ0) is 16.3. The van der Waals surface area contributed by atoms with Crippen molar-refractivity contribution in [2.24, 2.45) is 0 Å². The third kappa shape index (κ3) is 3.62. The van der Waals surface area contributed by atoms with Crippen molar-refractivity contribution in [3.05, 3.63) is 34.3 Å². The summed E-state index contributed by atoms with van der Waals surface area (Å²) in [5.41, 5.74) is 1.75. The van der Waals surface area contributed by atoms with Gasteiger partial charge in [0.25, 0.3) is 5.91 Å². The number of aryl methyl sites for hydroxylation is 2. The second-order valence-electron chi connectivity index (χ2n) is 4.71. The maximum absolute atomic E-state index is 12.4. The van der Waals surface area contributed by atoms with Crippen LogP contribution in [0.4, 0.5) is 10.8 Å². The van der Waals surface area contributed by atoms with E-state index in [1.807, 2.05) is 13.8 Å². The van der Waals surface area contributed by atoms with Gasteiger partial charge in [-0.15, -0.1) is 11.3 Å². The van der Waals surface area contributed by atoms with E-state index in [4.69, 9.17) is 4.74 Å². The van der Waals surface area contributed by atoms with Gasteiger partial charge < -0.3 is 10.1 Å². The monoisotopic (exact) mass is 319 g/mol. The average molecular weight is 319 g/mol. The second kappa shape index (κ2) is 6.57. The van der Waals surface area contributed by atoms with Crippen molar-refractivity contribution >= 4 is 34.0 Å². The molecule has 0 unspecified atom stereocenters. The Morgan fingerprint density at radius 3 is 2.50 bits per heavy atom. The number of amides is 2. The maximum Gasteiger partial charge on any atom is 0.261 e. The highest BCUT2D eigenvalue weighted by Gasteiger charge is 2.16. The van der Waals surface area contributed by atoms with E-state index in [-0.39, 0.29) is 11.8 Å². The van der Waals surface area contributed by atoms with Crippen LogP contribution in [-0.4, -0.2) is 23.9 Å². The van der Waals surface area contributed by atoms with E-state index in [1.54, 1.807) is 18.2 Å². The zero-order valence-electron chi connectivity index (χ0n) is 12.8. The normalized spacial score (nSPS) is 10.2. The minimum atomic E-state index is -0.335. The van der Waals surface area contributed by atoms with Gasteiger partial charge in [0.2, 0.25) is 5.91 Å². The standard InChI is InChI=1S/C15H17N3O3S/c1-8-9(2)22-15(16-8)18-14(20)12-7-11(17-10(3)19)5-6-13(12)21-4/h5-7H,1-4H3,(H,17,19)(H,16,18,20). The Morgan fingerprint density at radius 1 is 1.23 bits per heavy atom. The number of benzene rings is 1. The number of thiazole rings is 1. The highest BCUT2D eigenvalue weighted by molar-refractivity contribution is 7.15. The lowest BCUT2D eigenvalue weighted by Crippen LogP contribution is -2.14. The van der Waals surface area contributed by atoms with E-state index in [1.165, 1.54) is 25.4 Å². The lowest BCUT2D eigenvalue weighted by molar-refractivity contribution is -0.114. The molecular weight excluding hydrogens is 302 g/mol. The molecule has 1 aromatic heterocycles. The first-order valence-corrected chi connectivity index (χ1v) is 7.43. The number of methoxy groups -OCH3 is 1. The molecule has 6 nitrogen and oxygen atoms in total. The Morgan fingerprint density at radius 2 is 1.95 bits per heavy atom. The molecule has 0 bridgehead atoms. The van der Waals surface area contributed by atoms with Crippen molar-refractivity contribution in [2.75, 3.05) is 17.7 Å². The summed E-state index contributed by atoms with van der Waals surface area (Å²) in [4.78, 5) is 28.9. The molecule has 116 valence electrons. The molecule has 0 radical (unpaired) electrons. The number of carbonyl (C=O) groups excluding carboxylic acids is 2. The molecule has 1 heterocycles. The Hall–Kier alpha value is -2.41. The van der Waals surface area contributed by atoms with E-state index >= 15 is 0 Å². The van der Waals surface area contributed by atoms with Crippen molar-refractivity contribution in [1.82, 2.24) is 4.98 Å². The van der Waals surface area contributed by atoms with E-state index in [2.05, 4.69) is 15.6 Å². The molecule has 2 rings (SSSR count). The third-order valence-electron chi connectivity index (χ3n) is 3.01. The van der Waals surface area contributed by atoms with E-state index in [0.29, 0.717) is 22.1 Å². The number of ether oxygens (including phenoxy) is 1. The molecular formula is C15H17N3O3S. The number of hydrogen-bond donors (Lipinski definition) is 2. The third-order valence-corrected chi connectivity index (χ3v) is 4.00. The summed E-state index contributed by atoms with van der Waals surface area (Å²) in [6.45, 7) is 5.24. The minimum Gasteiger partial charge on any atom is -0.496 e. The van der Waals surface area contributed by atoms with Crippen molar-refractivity contribution in [3.63, 3.8) is 0 Å². The summed E-state index contributed by atoms with van der Waals surface area (Å²) in [7, 11) is 1.49. The Labute approximate surface area is 132 Å². The number of carbonyl (C=O) groups is 2. The highest BCUT2D eigenvalue weighted by atomic mass is 32.1. The minimum absolute atomic E-state index is 0.206. The van der Waals surface area contributed by atoms with Gasteiger partial charge in [-0.1, -0.05) is 0 Å². The topological polar surface area (TPSA) is 80.3 Å². The Bertz CT molecular complexity index is 705. The molecule has 0 fully saturated rings. The molecule has 0 saturated carbocycles. The molecule has 0 aliphatic carbocycles. The van der Waals surface area contributed by atoms with Crippen LogP contribution in [0.1, 0.15) is 27.9 Å². The van der Waals surface area contributed by atoms with Crippen LogP contribution >= 0.6 is 11.3 Å². The summed E-state index contributed by atoms with van der Waals surface area (Å²) in [6, 6.07) is 4.89. The molecule has 0 aliphatic rings. The first kappa shape index (κ1) is 16.0. The molecule has 2 amide bonds. The molecule has 1 aromatic carbocycles. The van der Waals surface area contributed by atoms with Gasteiger partial charge in [0.05, 0.1) is 18.4 Å². The molecule has 2 N–H and O–H groups in total. The lowest BCUT2D eigenvalue weighted by atomic mass is 10.1. The summed E-state index contributed by atoms with van der Waals surface area (Å²) in [6.07, 6.45) is 0. The maximum atomic E-state index is 12.4. The van der Waals surface area contributed by atoms with Crippen molar-refractivity contribution in [2.45, 2.75) is 20.8 Å². The summed E-state index contributed by atoms with van der Waals surface area (Å²) in [5, 5.41) is 5.93. The summed E-state index contributed by atoms with van der Waals surface area (Å²) >= 11 is 1.41. The number of hydrogen-bond acceptors (Lipinski definition) is 5. The van der Waals surface area contributed by atoms with Crippen LogP contribution in [0.3, 0.4) is 0 Å². The molecule has 0 saturated heterocycles. The van der Waals surface area contributed by atoms with Gasteiger partial charge in [-0.2, -0.15) is 0 Å². The van der Waals surface area contributed by atoms with Crippen LogP contribution in [0.15, 0.2) is 18.2 Å². The van der Waals surface area contributed by atoms with Gasteiger partial charge in [0.15, 0.2) is 5.13 Å². The summed E-state index contributed by atoms with van der Waals surface area (Å²) in [5.74, 6) is -0.114. The predicted molar refractivity (Wildman–Crippen MR) is 86.8 cm³/mol. The fourth-order valence-corrected chi connectivity index (χ4v) is 2.67. The lowest BCUT2D eigenvalue weighted by Gasteiger charge is -2.10. The van der Waals surface area contributed by atoms with Gasteiger partial charge in [0.1, 0.15) is 5.75 Å².